The number of nitrogens with zero attached hydrogens (tertiary/aromatic N) is 10. The lowest BCUT2D eigenvalue weighted by Crippen LogP contribution is -2.17. The molecule has 6 heterocycles. The second-order valence-electron chi connectivity index (χ2n) is 11.9. The smallest absolute Gasteiger partial charge is 0.114 e. The summed E-state index contributed by atoms with van der Waals surface area (Å²) >= 11 is 0. The van der Waals surface area contributed by atoms with Crippen molar-refractivity contribution in [1.82, 2.24) is 49.8 Å². The zero-order valence-electron chi connectivity index (χ0n) is 26.4. The largest absolute Gasteiger partial charge is 0.377 e. The number of ether oxygens (including phenoxy) is 3. The maximum absolute atomic E-state index is 5.72. The van der Waals surface area contributed by atoms with Gasteiger partial charge in [-0.15, -0.1) is 10.2 Å². The lowest BCUT2D eigenvalue weighted by molar-refractivity contribution is 0.0110. The van der Waals surface area contributed by atoms with E-state index in [9.17, 15) is 0 Å². The highest BCUT2D eigenvalue weighted by Crippen LogP contribution is 2.32. The van der Waals surface area contributed by atoms with Crippen molar-refractivity contribution < 1.29 is 14.2 Å². The van der Waals surface area contributed by atoms with E-state index in [0.717, 1.165) is 35.6 Å². The van der Waals surface area contributed by atoms with Gasteiger partial charge in [0.15, 0.2) is 0 Å². The third-order valence-electron chi connectivity index (χ3n) is 8.67. The Bertz CT molecular complexity index is 1380. The molecule has 6 rings (SSSR count). The summed E-state index contributed by atoms with van der Waals surface area (Å²) in [6.07, 6.45) is 16.3. The third-order valence-corrected chi connectivity index (χ3v) is 8.67. The first kappa shape index (κ1) is 31.4. The molecule has 2 fully saturated rings. The summed E-state index contributed by atoms with van der Waals surface area (Å²) in [6.45, 7) is 6.61. The summed E-state index contributed by atoms with van der Waals surface area (Å²) in [4.78, 5) is 13.7. The van der Waals surface area contributed by atoms with Gasteiger partial charge in [0.05, 0.1) is 65.1 Å². The van der Waals surface area contributed by atoms with E-state index >= 15 is 0 Å². The minimum Gasteiger partial charge on any atom is -0.377 e. The van der Waals surface area contributed by atoms with Crippen LogP contribution in [0.2, 0.25) is 0 Å². The number of likely N-dealkylation sites (tertiary alicyclic amines) is 2. The molecule has 2 saturated heterocycles. The molecular weight excluding hydrogens is 572 g/mol. The molecule has 0 spiro atoms. The van der Waals surface area contributed by atoms with Crippen LogP contribution in [0.15, 0.2) is 49.3 Å². The van der Waals surface area contributed by atoms with Gasteiger partial charge in [-0.1, -0.05) is 10.4 Å². The monoisotopic (exact) mass is 616 g/mol. The molecule has 4 aromatic heterocycles. The molecule has 2 aliphatic rings. The van der Waals surface area contributed by atoms with Gasteiger partial charge in [0, 0.05) is 48.0 Å². The second kappa shape index (κ2) is 15.6. The number of rotatable bonds is 16. The van der Waals surface area contributed by atoms with Gasteiger partial charge in [-0.2, -0.15) is 0 Å². The van der Waals surface area contributed by atoms with Gasteiger partial charge in [0.1, 0.15) is 11.4 Å². The minimum atomic E-state index is 0.430. The highest BCUT2D eigenvalue weighted by atomic mass is 16.5. The van der Waals surface area contributed by atoms with Gasteiger partial charge in [0.25, 0.3) is 0 Å². The number of hydrogen-bond donors (Lipinski definition) is 0. The molecule has 0 aliphatic carbocycles. The summed E-state index contributed by atoms with van der Waals surface area (Å²) in [5, 5.41) is 17.2. The van der Waals surface area contributed by atoms with E-state index in [1.54, 1.807) is 9.36 Å². The van der Waals surface area contributed by atoms with Gasteiger partial charge >= 0.3 is 0 Å². The highest BCUT2D eigenvalue weighted by Gasteiger charge is 2.24. The minimum absolute atomic E-state index is 0.430. The van der Waals surface area contributed by atoms with Crippen LogP contribution in [0, 0.1) is 0 Å². The average molecular weight is 617 g/mol. The predicted octanol–water partition coefficient (Wildman–Crippen LogP) is 3.28. The van der Waals surface area contributed by atoms with Crippen molar-refractivity contribution in [2.75, 3.05) is 66.8 Å². The van der Waals surface area contributed by atoms with E-state index in [4.69, 9.17) is 14.2 Å². The van der Waals surface area contributed by atoms with E-state index < -0.39 is 0 Å². The van der Waals surface area contributed by atoms with Gasteiger partial charge < -0.3 is 14.2 Å². The molecule has 2 atom stereocenters. The molecule has 45 heavy (non-hydrogen) atoms. The van der Waals surface area contributed by atoms with Crippen LogP contribution in [0.25, 0.3) is 22.5 Å². The van der Waals surface area contributed by atoms with Crippen LogP contribution >= 0.6 is 0 Å². The average Bonchev–Trinajstić information content (AvgIpc) is 3.88. The first-order valence-electron chi connectivity index (χ1n) is 16.0. The van der Waals surface area contributed by atoms with Crippen molar-refractivity contribution in [3.8, 4) is 22.5 Å². The first-order chi connectivity index (χ1) is 22.1. The van der Waals surface area contributed by atoms with Gasteiger partial charge in [-0.3, -0.25) is 19.8 Å². The summed E-state index contributed by atoms with van der Waals surface area (Å²) in [5.74, 6) is 0. The van der Waals surface area contributed by atoms with Crippen molar-refractivity contribution in [3.63, 3.8) is 0 Å². The van der Waals surface area contributed by atoms with Crippen molar-refractivity contribution in [2.24, 2.45) is 0 Å². The molecule has 0 bridgehead atoms. The summed E-state index contributed by atoms with van der Waals surface area (Å²) < 4.78 is 20.7. The van der Waals surface area contributed by atoms with Crippen LogP contribution in [-0.2, 0) is 27.3 Å². The van der Waals surface area contributed by atoms with Crippen molar-refractivity contribution >= 4 is 0 Å². The molecule has 240 valence electrons. The summed E-state index contributed by atoms with van der Waals surface area (Å²) in [6, 6.07) is 5.23. The fraction of sp³-hybridized carbons (Fsp3) is 0.562. The van der Waals surface area contributed by atoms with Crippen LogP contribution in [0.5, 0.6) is 0 Å². The predicted molar refractivity (Wildman–Crippen MR) is 168 cm³/mol. The van der Waals surface area contributed by atoms with Crippen molar-refractivity contribution in [3.05, 3.63) is 60.4 Å². The molecule has 4 aromatic rings. The maximum Gasteiger partial charge on any atom is 0.114 e. The lowest BCUT2D eigenvalue weighted by atomic mass is 10.0. The first-order valence-corrected chi connectivity index (χ1v) is 16.0. The van der Waals surface area contributed by atoms with Gasteiger partial charge in [-0.25, -0.2) is 9.36 Å². The SMILES string of the molecule is CN1CCCC1c1cncc(-c2cn(CCOCCOCCOCCn3cc(-c4cncc(C5CCCN5C)c4)nn3)nn2)c1. The quantitative estimate of drug-likeness (QED) is 0.172. The van der Waals surface area contributed by atoms with Crippen LogP contribution in [-0.4, -0.2) is 117 Å². The molecule has 2 aliphatic heterocycles. The van der Waals surface area contributed by atoms with E-state index in [1.165, 1.54) is 36.8 Å². The zero-order chi connectivity index (χ0) is 30.8. The Labute approximate surface area is 264 Å². The molecular formula is C32H44N10O3. The van der Waals surface area contributed by atoms with Crippen LogP contribution in [0.3, 0.4) is 0 Å². The number of aromatic nitrogens is 8. The fourth-order valence-corrected chi connectivity index (χ4v) is 6.16. The Hall–Kier alpha value is -3.62. The topological polar surface area (TPSA) is 121 Å². The molecule has 0 radical (unpaired) electrons. The van der Waals surface area contributed by atoms with Crippen LogP contribution < -0.4 is 0 Å². The normalized spacial score (nSPS) is 19.2. The molecule has 2 unspecified atom stereocenters. The zero-order valence-corrected chi connectivity index (χ0v) is 26.4. The Morgan fingerprint density at radius 3 is 1.49 bits per heavy atom. The van der Waals surface area contributed by atoms with E-state index in [-0.39, 0.29) is 0 Å². The van der Waals surface area contributed by atoms with E-state index in [1.807, 2.05) is 37.2 Å². The van der Waals surface area contributed by atoms with Crippen LogP contribution in [0.4, 0.5) is 0 Å². The lowest BCUT2D eigenvalue weighted by Gasteiger charge is -2.19. The van der Waals surface area contributed by atoms with Gasteiger partial charge in [0.2, 0.25) is 0 Å². The third kappa shape index (κ3) is 8.35. The molecule has 13 heteroatoms. The highest BCUT2D eigenvalue weighted by molar-refractivity contribution is 5.58. The summed E-state index contributed by atoms with van der Waals surface area (Å²) in [7, 11) is 4.34. The molecule has 13 nitrogen and oxygen atoms in total. The van der Waals surface area contributed by atoms with Crippen molar-refractivity contribution in [1.29, 1.82) is 0 Å². The van der Waals surface area contributed by atoms with Crippen LogP contribution in [0.1, 0.15) is 48.9 Å². The Balaban J connectivity index is 0.815. The molecule has 0 aromatic carbocycles. The molecule has 0 saturated carbocycles. The standard InChI is InChI=1S/C32H44N10O3/c1-39-7-3-5-31(39)27-17-25(19-33-21-27)29-23-41(37-35-29)9-11-43-13-15-45-16-14-44-12-10-42-24-30(36-38-42)26-18-28(22-34-20-26)32-6-4-8-40(32)2/h17-24,31-32H,3-16H2,1-2H3. The Morgan fingerprint density at radius 2 is 1.07 bits per heavy atom. The molecule has 0 amide bonds. The second-order valence-corrected chi connectivity index (χ2v) is 11.9. The Kier molecular flexibility index (Phi) is 10.9. The maximum atomic E-state index is 5.72. The fourth-order valence-electron chi connectivity index (χ4n) is 6.16. The number of hydrogen-bond acceptors (Lipinski definition) is 11. The van der Waals surface area contributed by atoms with Crippen molar-refractivity contribution in [2.45, 2.75) is 50.9 Å². The Morgan fingerprint density at radius 1 is 0.622 bits per heavy atom. The summed E-state index contributed by atoms with van der Waals surface area (Å²) in [5.41, 5.74) is 6.12. The van der Waals surface area contributed by atoms with Gasteiger partial charge in [-0.05, 0) is 76.1 Å². The molecule has 0 N–H and O–H groups in total. The van der Waals surface area contributed by atoms with E-state index in [0.29, 0.717) is 64.8 Å². The number of pyridine rings is 2. The van der Waals surface area contributed by atoms with E-state index in [2.05, 4.69) is 66.6 Å².